The van der Waals surface area contributed by atoms with Gasteiger partial charge in [0.25, 0.3) is 5.91 Å². The Morgan fingerprint density at radius 3 is 2.54 bits per heavy atom. The van der Waals surface area contributed by atoms with Gasteiger partial charge in [-0.25, -0.2) is 9.69 Å². The molecule has 0 N–H and O–H groups in total. The van der Waals surface area contributed by atoms with Gasteiger partial charge in [0.2, 0.25) is 0 Å². The molecule has 2 amide bonds. The van der Waals surface area contributed by atoms with Gasteiger partial charge in [-0.1, -0.05) is 42.5 Å². The van der Waals surface area contributed by atoms with Crippen molar-refractivity contribution in [1.29, 1.82) is 0 Å². The van der Waals surface area contributed by atoms with Gasteiger partial charge in [-0.2, -0.15) is 0 Å². The first kappa shape index (κ1) is 17.9. The van der Waals surface area contributed by atoms with E-state index in [1.807, 2.05) is 54.6 Å². The molecule has 0 aromatic heterocycles. The van der Waals surface area contributed by atoms with Crippen molar-refractivity contribution in [1.82, 2.24) is 4.90 Å². The highest BCUT2D eigenvalue weighted by molar-refractivity contribution is 5.94. The normalized spacial score (nSPS) is 16.4. The van der Waals surface area contributed by atoms with Gasteiger partial charge in [0.05, 0.1) is 19.8 Å². The second kappa shape index (κ2) is 8.49. The zero-order valence-electron chi connectivity index (χ0n) is 14.6. The van der Waals surface area contributed by atoms with Crippen LogP contribution in [0.2, 0.25) is 0 Å². The van der Waals surface area contributed by atoms with Crippen molar-refractivity contribution in [3.05, 3.63) is 65.7 Å². The first-order valence-corrected chi connectivity index (χ1v) is 8.41. The molecule has 1 heterocycles. The molecule has 6 nitrogen and oxygen atoms in total. The zero-order valence-corrected chi connectivity index (χ0v) is 14.6. The molecule has 1 fully saturated rings. The van der Waals surface area contributed by atoms with Crippen LogP contribution in [0.1, 0.15) is 11.1 Å². The lowest BCUT2D eigenvalue weighted by Gasteiger charge is -2.19. The Kier molecular flexibility index (Phi) is 5.86. The van der Waals surface area contributed by atoms with Gasteiger partial charge in [0.1, 0.15) is 19.0 Å². The molecule has 1 aliphatic rings. The number of carbonyl (C=O) groups is 2. The van der Waals surface area contributed by atoms with E-state index >= 15 is 0 Å². The third kappa shape index (κ3) is 4.40. The Morgan fingerprint density at radius 1 is 1.12 bits per heavy atom. The highest BCUT2D eigenvalue weighted by atomic mass is 16.6. The summed E-state index contributed by atoms with van der Waals surface area (Å²) in [4.78, 5) is 25.5. The fourth-order valence-electron chi connectivity index (χ4n) is 2.85. The van der Waals surface area contributed by atoms with Gasteiger partial charge in [-0.3, -0.25) is 4.79 Å². The number of ether oxygens (including phenoxy) is 3. The maximum Gasteiger partial charge on any atom is 0.417 e. The van der Waals surface area contributed by atoms with Gasteiger partial charge >= 0.3 is 6.09 Å². The summed E-state index contributed by atoms with van der Waals surface area (Å²) in [6.07, 6.45) is -0.0412. The van der Waals surface area contributed by atoms with Crippen LogP contribution in [0.25, 0.3) is 0 Å². The number of imide groups is 1. The van der Waals surface area contributed by atoms with Crippen LogP contribution in [-0.2, 0) is 27.3 Å². The van der Waals surface area contributed by atoms with E-state index in [2.05, 4.69) is 0 Å². The summed E-state index contributed by atoms with van der Waals surface area (Å²) in [5, 5.41) is 0. The maximum atomic E-state index is 12.4. The van der Waals surface area contributed by atoms with Crippen molar-refractivity contribution >= 4 is 12.0 Å². The van der Waals surface area contributed by atoms with Crippen LogP contribution in [0.5, 0.6) is 5.75 Å². The molecule has 0 saturated carbocycles. The Labute approximate surface area is 152 Å². The predicted octanol–water partition coefficient (Wildman–Crippen LogP) is 2.80. The molecule has 0 aliphatic carbocycles. The van der Waals surface area contributed by atoms with Crippen molar-refractivity contribution < 1.29 is 23.8 Å². The van der Waals surface area contributed by atoms with Crippen LogP contribution < -0.4 is 4.74 Å². The molecule has 1 atom stereocenters. The lowest BCUT2D eigenvalue weighted by Crippen LogP contribution is -2.42. The molecular formula is C20H21NO5. The minimum Gasteiger partial charge on any atom is -0.497 e. The van der Waals surface area contributed by atoms with Crippen LogP contribution in [0.3, 0.4) is 0 Å². The Bertz CT molecular complexity index is 745. The van der Waals surface area contributed by atoms with E-state index in [1.54, 1.807) is 7.11 Å². The second-order valence-corrected chi connectivity index (χ2v) is 6.03. The SMILES string of the molecule is COc1ccc(COCC(=O)N2C(=O)OCC2Cc2ccccc2)cc1. The summed E-state index contributed by atoms with van der Waals surface area (Å²) in [7, 11) is 1.60. The molecule has 1 aliphatic heterocycles. The zero-order chi connectivity index (χ0) is 18.4. The van der Waals surface area contributed by atoms with Gasteiger partial charge < -0.3 is 14.2 Å². The van der Waals surface area contributed by atoms with Crippen LogP contribution in [0.4, 0.5) is 4.79 Å². The lowest BCUT2D eigenvalue weighted by molar-refractivity contribution is -0.134. The van der Waals surface area contributed by atoms with Gasteiger partial charge in [0.15, 0.2) is 0 Å². The van der Waals surface area contributed by atoms with Gasteiger partial charge in [0, 0.05) is 0 Å². The Balaban J connectivity index is 1.53. The summed E-state index contributed by atoms with van der Waals surface area (Å²) in [6.45, 7) is 0.312. The van der Waals surface area contributed by atoms with E-state index in [0.29, 0.717) is 6.42 Å². The fourth-order valence-corrected chi connectivity index (χ4v) is 2.85. The third-order valence-electron chi connectivity index (χ3n) is 4.20. The largest absolute Gasteiger partial charge is 0.497 e. The maximum absolute atomic E-state index is 12.4. The van der Waals surface area contributed by atoms with Gasteiger partial charge in [-0.05, 0) is 29.7 Å². The lowest BCUT2D eigenvalue weighted by atomic mass is 10.1. The summed E-state index contributed by atoms with van der Waals surface area (Å²) >= 11 is 0. The minimum absolute atomic E-state index is 0.174. The van der Waals surface area contributed by atoms with Gasteiger partial charge in [-0.15, -0.1) is 0 Å². The number of nitrogens with zero attached hydrogens (tertiary/aromatic N) is 1. The molecule has 6 heteroatoms. The second-order valence-electron chi connectivity index (χ2n) is 6.03. The van der Waals surface area contributed by atoms with Crippen molar-refractivity contribution in [3.63, 3.8) is 0 Å². The standard InChI is InChI=1S/C20H21NO5/c1-24-18-9-7-16(8-10-18)12-25-14-19(22)21-17(13-26-20(21)23)11-15-5-3-2-4-6-15/h2-10,17H,11-14H2,1H3. The first-order chi connectivity index (χ1) is 12.7. The summed E-state index contributed by atoms with van der Waals surface area (Å²) in [5.74, 6) is 0.371. The number of carbonyl (C=O) groups excluding carboxylic acids is 2. The van der Waals surface area contributed by atoms with E-state index in [9.17, 15) is 9.59 Å². The number of rotatable bonds is 7. The predicted molar refractivity (Wildman–Crippen MR) is 94.8 cm³/mol. The summed E-state index contributed by atoms with van der Waals surface area (Å²) < 4.78 is 15.6. The average Bonchev–Trinajstić information content (AvgIpc) is 3.03. The Hall–Kier alpha value is -2.86. The molecule has 2 aromatic rings. The van der Waals surface area contributed by atoms with E-state index in [1.165, 1.54) is 4.90 Å². The molecular weight excluding hydrogens is 334 g/mol. The highest BCUT2D eigenvalue weighted by Crippen LogP contribution is 2.18. The van der Waals surface area contributed by atoms with Crippen molar-refractivity contribution in [2.24, 2.45) is 0 Å². The number of benzene rings is 2. The molecule has 0 spiro atoms. The molecule has 2 aromatic carbocycles. The topological polar surface area (TPSA) is 65.1 Å². The van der Waals surface area contributed by atoms with E-state index < -0.39 is 6.09 Å². The molecule has 1 saturated heterocycles. The highest BCUT2D eigenvalue weighted by Gasteiger charge is 2.37. The summed E-state index contributed by atoms with van der Waals surface area (Å²) in [5.41, 5.74) is 1.97. The molecule has 26 heavy (non-hydrogen) atoms. The molecule has 0 bridgehead atoms. The average molecular weight is 355 g/mol. The molecule has 1 unspecified atom stereocenters. The van der Waals surface area contributed by atoms with Crippen molar-refractivity contribution in [2.45, 2.75) is 19.1 Å². The molecule has 0 radical (unpaired) electrons. The summed E-state index contributed by atoms with van der Waals surface area (Å²) in [6, 6.07) is 16.8. The smallest absolute Gasteiger partial charge is 0.417 e. The van der Waals surface area contributed by atoms with Crippen molar-refractivity contribution in [2.75, 3.05) is 20.3 Å². The monoisotopic (exact) mass is 355 g/mol. The Morgan fingerprint density at radius 2 is 1.85 bits per heavy atom. The number of hydrogen-bond acceptors (Lipinski definition) is 5. The van der Waals surface area contributed by atoms with Crippen LogP contribution in [0.15, 0.2) is 54.6 Å². The molecule has 136 valence electrons. The quantitative estimate of drug-likeness (QED) is 0.764. The van der Waals surface area contributed by atoms with E-state index in [0.717, 1.165) is 16.9 Å². The number of methoxy groups -OCH3 is 1. The van der Waals surface area contributed by atoms with E-state index in [4.69, 9.17) is 14.2 Å². The first-order valence-electron chi connectivity index (χ1n) is 8.41. The number of cyclic esters (lactones) is 1. The van der Waals surface area contributed by atoms with Crippen LogP contribution >= 0.6 is 0 Å². The van der Waals surface area contributed by atoms with Crippen molar-refractivity contribution in [3.8, 4) is 5.75 Å². The number of amides is 2. The molecule has 3 rings (SSSR count). The van der Waals surface area contributed by atoms with Crippen LogP contribution in [0, 0.1) is 0 Å². The van der Waals surface area contributed by atoms with Crippen LogP contribution in [-0.4, -0.2) is 43.3 Å². The fraction of sp³-hybridized carbons (Fsp3) is 0.300. The van der Waals surface area contributed by atoms with E-state index in [-0.39, 0.29) is 31.8 Å². The third-order valence-corrected chi connectivity index (χ3v) is 4.20. The number of hydrogen-bond donors (Lipinski definition) is 0. The minimum atomic E-state index is -0.607.